The van der Waals surface area contributed by atoms with Gasteiger partial charge in [0.1, 0.15) is 5.82 Å². The number of halogens is 1. The summed E-state index contributed by atoms with van der Waals surface area (Å²) in [6.07, 6.45) is 2.24. The molecule has 0 aromatic heterocycles. The highest BCUT2D eigenvalue weighted by molar-refractivity contribution is 5.66. The molecule has 3 N–H and O–H groups in total. The van der Waals surface area contributed by atoms with Crippen molar-refractivity contribution in [2.75, 3.05) is 24.2 Å². The molecular weight excluding hydrogens is 219 g/mol. The zero-order valence-corrected chi connectivity index (χ0v) is 10.5. The third-order valence-electron chi connectivity index (χ3n) is 2.39. The van der Waals surface area contributed by atoms with Crippen LogP contribution in [0, 0.1) is 5.82 Å². The number of ether oxygens (including phenoxy) is 1. The van der Waals surface area contributed by atoms with Gasteiger partial charge in [0.15, 0.2) is 0 Å². The summed E-state index contributed by atoms with van der Waals surface area (Å²) < 4.78 is 18.5. The van der Waals surface area contributed by atoms with Crippen molar-refractivity contribution in [2.24, 2.45) is 0 Å². The van der Waals surface area contributed by atoms with Crippen LogP contribution >= 0.6 is 0 Å². The first-order valence-electron chi connectivity index (χ1n) is 6.00. The normalized spacial score (nSPS) is 10.8. The van der Waals surface area contributed by atoms with Crippen LogP contribution in [-0.4, -0.2) is 19.3 Å². The van der Waals surface area contributed by atoms with Gasteiger partial charge < -0.3 is 15.8 Å². The minimum Gasteiger partial charge on any atom is -0.395 e. The van der Waals surface area contributed by atoms with Crippen molar-refractivity contribution in [3.05, 3.63) is 24.0 Å². The predicted molar refractivity (Wildman–Crippen MR) is 69.6 cm³/mol. The van der Waals surface area contributed by atoms with E-state index in [0.29, 0.717) is 5.69 Å². The Hall–Kier alpha value is -1.29. The maximum absolute atomic E-state index is 13.1. The van der Waals surface area contributed by atoms with E-state index in [-0.39, 0.29) is 17.6 Å². The van der Waals surface area contributed by atoms with Crippen molar-refractivity contribution in [1.29, 1.82) is 0 Å². The van der Waals surface area contributed by atoms with Gasteiger partial charge in [0.25, 0.3) is 0 Å². The number of nitrogens with two attached hydrogens (primary N) is 1. The molecule has 3 nitrogen and oxygen atoms in total. The van der Waals surface area contributed by atoms with Gasteiger partial charge in [-0.15, -0.1) is 0 Å². The van der Waals surface area contributed by atoms with E-state index in [4.69, 9.17) is 10.5 Å². The summed E-state index contributed by atoms with van der Waals surface area (Å²) in [6, 6.07) is 4.79. The van der Waals surface area contributed by atoms with Crippen molar-refractivity contribution < 1.29 is 9.13 Å². The van der Waals surface area contributed by atoms with Gasteiger partial charge >= 0.3 is 0 Å². The molecule has 0 bridgehead atoms. The lowest BCUT2D eigenvalue weighted by Gasteiger charge is -2.10. The molecular formula is C13H21FN2O. The summed E-state index contributed by atoms with van der Waals surface area (Å²) in [6.45, 7) is 5.57. The second-order valence-electron chi connectivity index (χ2n) is 4.25. The number of rotatable bonds is 7. The summed E-state index contributed by atoms with van der Waals surface area (Å²) >= 11 is 0. The molecule has 1 aromatic rings. The van der Waals surface area contributed by atoms with E-state index in [1.807, 2.05) is 13.8 Å². The van der Waals surface area contributed by atoms with Crippen LogP contribution < -0.4 is 11.1 Å². The average molecular weight is 240 g/mol. The molecule has 0 heterocycles. The van der Waals surface area contributed by atoms with Gasteiger partial charge in [-0.25, -0.2) is 4.39 Å². The molecule has 1 aromatic carbocycles. The van der Waals surface area contributed by atoms with E-state index >= 15 is 0 Å². The lowest BCUT2D eigenvalue weighted by atomic mass is 10.2. The smallest absolute Gasteiger partial charge is 0.148 e. The maximum atomic E-state index is 13.1. The Morgan fingerprint density at radius 1 is 1.35 bits per heavy atom. The van der Waals surface area contributed by atoms with Crippen molar-refractivity contribution >= 4 is 11.4 Å². The fraction of sp³-hybridized carbons (Fsp3) is 0.538. The molecule has 0 saturated carbocycles. The third kappa shape index (κ3) is 5.04. The second kappa shape index (κ2) is 7.12. The highest BCUT2D eigenvalue weighted by atomic mass is 19.1. The molecule has 1 rings (SSSR count). The van der Waals surface area contributed by atoms with Crippen LogP contribution in [0.5, 0.6) is 0 Å². The molecule has 0 saturated heterocycles. The molecule has 0 radical (unpaired) electrons. The van der Waals surface area contributed by atoms with Crippen LogP contribution in [0.1, 0.15) is 26.7 Å². The van der Waals surface area contributed by atoms with E-state index in [1.54, 1.807) is 12.1 Å². The van der Waals surface area contributed by atoms with Gasteiger partial charge in [-0.1, -0.05) is 6.07 Å². The van der Waals surface area contributed by atoms with Gasteiger partial charge in [0, 0.05) is 13.2 Å². The van der Waals surface area contributed by atoms with Crippen LogP contribution in [0.4, 0.5) is 15.8 Å². The van der Waals surface area contributed by atoms with Gasteiger partial charge in [0.05, 0.1) is 17.5 Å². The number of hydrogen-bond donors (Lipinski definition) is 2. The number of unbranched alkanes of at least 4 members (excludes halogenated alkanes) is 1. The minimum absolute atomic E-state index is 0.186. The highest BCUT2D eigenvalue weighted by Gasteiger charge is 2.02. The van der Waals surface area contributed by atoms with Crippen LogP contribution in [0.2, 0.25) is 0 Å². The zero-order chi connectivity index (χ0) is 12.7. The number of benzene rings is 1. The fourth-order valence-electron chi connectivity index (χ4n) is 1.46. The molecule has 17 heavy (non-hydrogen) atoms. The SMILES string of the molecule is CC(C)OCCCCNc1cccc(F)c1N. The summed E-state index contributed by atoms with van der Waals surface area (Å²) in [4.78, 5) is 0. The predicted octanol–water partition coefficient (Wildman–Crippen LogP) is 3.03. The molecule has 0 amide bonds. The summed E-state index contributed by atoms with van der Waals surface area (Å²) in [5.41, 5.74) is 6.45. The lowest BCUT2D eigenvalue weighted by Crippen LogP contribution is -2.08. The monoisotopic (exact) mass is 240 g/mol. The molecule has 4 heteroatoms. The van der Waals surface area contributed by atoms with Gasteiger partial charge in [-0.2, -0.15) is 0 Å². The van der Waals surface area contributed by atoms with Crippen LogP contribution in [0.3, 0.4) is 0 Å². The van der Waals surface area contributed by atoms with Crippen molar-refractivity contribution in [2.45, 2.75) is 32.8 Å². The number of nitrogen functional groups attached to an aromatic ring is 1. The number of para-hydroxylation sites is 1. The topological polar surface area (TPSA) is 47.3 Å². The van der Waals surface area contributed by atoms with Crippen LogP contribution in [0.15, 0.2) is 18.2 Å². The largest absolute Gasteiger partial charge is 0.395 e. The summed E-state index contributed by atoms with van der Waals surface area (Å²) in [7, 11) is 0. The van der Waals surface area contributed by atoms with Crippen molar-refractivity contribution in [3.63, 3.8) is 0 Å². The van der Waals surface area contributed by atoms with E-state index in [9.17, 15) is 4.39 Å². The quantitative estimate of drug-likeness (QED) is 0.569. The Labute approximate surface area is 102 Å². The number of nitrogens with one attached hydrogen (secondary N) is 1. The Morgan fingerprint density at radius 3 is 2.82 bits per heavy atom. The Morgan fingerprint density at radius 2 is 2.12 bits per heavy atom. The average Bonchev–Trinajstić information content (AvgIpc) is 2.28. The van der Waals surface area contributed by atoms with E-state index in [0.717, 1.165) is 26.0 Å². The fourth-order valence-corrected chi connectivity index (χ4v) is 1.46. The first-order valence-corrected chi connectivity index (χ1v) is 6.00. The van der Waals surface area contributed by atoms with Crippen LogP contribution in [0.25, 0.3) is 0 Å². The standard InChI is InChI=1S/C13H21FN2O/c1-10(2)17-9-4-3-8-16-12-7-5-6-11(14)13(12)15/h5-7,10,16H,3-4,8-9,15H2,1-2H3. The minimum atomic E-state index is -0.377. The Bertz CT molecular complexity index is 342. The molecule has 0 unspecified atom stereocenters. The lowest BCUT2D eigenvalue weighted by molar-refractivity contribution is 0.0765. The van der Waals surface area contributed by atoms with Gasteiger partial charge in [-0.3, -0.25) is 0 Å². The first-order chi connectivity index (χ1) is 8.11. The van der Waals surface area contributed by atoms with E-state index < -0.39 is 0 Å². The van der Waals surface area contributed by atoms with Gasteiger partial charge in [-0.05, 0) is 38.8 Å². The van der Waals surface area contributed by atoms with Crippen LogP contribution in [-0.2, 0) is 4.74 Å². The molecule has 96 valence electrons. The third-order valence-corrected chi connectivity index (χ3v) is 2.39. The highest BCUT2D eigenvalue weighted by Crippen LogP contribution is 2.20. The number of hydrogen-bond acceptors (Lipinski definition) is 3. The second-order valence-corrected chi connectivity index (χ2v) is 4.25. The van der Waals surface area contributed by atoms with Gasteiger partial charge in [0.2, 0.25) is 0 Å². The summed E-state index contributed by atoms with van der Waals surface area (Å²) in [5, 5.41) is 3.12. The first kappa shape index (κ1) is 13.8. The van der Waals surface area contributed by atoms with Crippen molar-refractivity contribution in [3.8, 4) is 0 Å². The Balaban J connectivity index is 2.20. The Kier molecular flexibility index (Phi) is 5.77. The van der Waals surface area contributed by atoms with E-state index in [2.05, 4.69) is 5.32 Å². The molecule has 0 aliphatic heterocycles. The molecule has 0 aliphatic rings. The molecule has 0 fully saturated rings. The maximum Gasteiger partial charge on any atom is 0.148 e. The summed E-state index contributed by atoms with van der Waals surface area (Å²) in [5.74, 6) is -0.377. The van der Waals surface area contributed by atoms with E-state index in [1.165, 1.54) is 6.07 Å². The number of anilines is 2. The van der Waals surface area contributed by atoms with Crippen molar-refractivity contribution in [1.82, 2.24) is 0 Å². The molecule has 0 aliphatic carbocycles. The molecule has 0 atom stereocenters. The molecule has 0 spiro atoms. The zero-order valence-electron chi connectivity index (χ0n) is 10.5.